The molecular formula is C12H18IN3O3. The van der Waals surface area contributed by atoms with Gasteiger partial charge in [-0.3, -0.25) is 10.1 Å². The number of rotatable bonds is 6. The molecule has 0 saturated carbocycles. The van der Waals surface area contributed by atoms with Gasteiger partial charge in [0.15, 0.2) is 0 Å². The maximum atomic E-state index is 10.7. The Kier molecular flexibility index (Phi) is 5.50. The van der Waals surface area contributed by atoms with Crippen molar-refractivity contribution in [2.75, 3.05) is 32.5 Å². The van der Waals surface area contributed by atoms with Crippen LogP contribution in [0.5, 0.6) is 0 Å². The molecule has 1 rings (SSSR count). The van der Waals surface area contributed by atoms with Crippen molar-refractivity contribution in [3.05, 3.63) is 31.9 Å². The van der Waals surface area contributed by atoms with E-state index in [2.05, 4.69) is 5.32 Å². The van der Waals surface area contributed by atoms with Crippen LogP contribution in [0.2, 0.25) is 0 Å². The number of benzene rings is 1. The second kappa shape index (κ2) is 6.49. The molecule has 106 valence electrons. The zero-order valence-corrected chi connectivity index (χ0v) is 13.3. The zero-order valence-electron chi connectivity index (χ0n) is 11.2. The van der Waals surface area contributed by atoms with Crippen LogP contribution in [0.25, 0.3) is 0 Å². The fraction of sp³-hybridized carbons (Fsp3) is 0.500. The highest BCUT2D eigenvalue weighted by Crippen LogP contribution is 2.24. The molecule has 1 unspecified atom stereocenters. The van der Waals surface area contributed by atoms with Gasteiger partial charge in [-0.15, -0.1) is 0 Å². The molecule has 1 aromatic rings. The van der Waals surface area contributed by atoms with Gasteiger partial charge in [0.1, 0.15) is 0 Å². The smallest absolute Gasteiger partial charge is 0.282 e. The monoisotopic (exact) mass is 379 g/mol. The van der Waals surface area contributed by atoms with Gasteiger partial charge in [-0.2, -0.15) is 0 Å². The van der Waals surface area contributed by atoms with Crippen LogP contribution >= 0.6 is 22.6 Å². The fourth-order valence-corrected chi connectivity index (χ4v) is 2.51. The van der Waals surface area contributed by atoms with Gasteiger partial charge in [0.2, 0.25) is 0 Å². The van der Waals surface area contributed by atoms with Crippen molar-refractivity contribution in [1.29, 1.82) is 0 Å². The molecule has 1 aromatic carbocycles. The average Bonchev–Trinajstić information content (AvgIpc) is 2.24. The van der Waals surface area contributed by atoms with Crippen LogP contribution in [-0.2, 0) is 0 Å². The van der Waals surface area contributed by atoms with E-state index < -0.39 is 10.5 Å². The van der Waals surface area contributed by atoms with Crippen molar-refractivity contribution in [2.24, 2.45) is 0 Å². The van der Waals surface area contributed by atoms with Crippen molar-refractivity contribution in [1.82, 2.24) is 4.90 Å². The van der Waals surface area contributed by atoms with E-state index in [1.165, 1.54) is 6.07 Å². The molecule has 6 nitrogen and oxygen atoms in total. The van der Waals surface area contributed by atoms with Crippen molar-refractivity contribution in [3.8, 4) is 0 Å². The molecule has 0 aliphatic carbocycles. The quantitative estimate of drug-likeness (QED) is 0.449. The number of anilines is 1. The molecule has 0 heterocycles. The minimum atomic E-state index is -0.864. The van der Waals surface area contributed by atoms with Crippen LogP contribution in [0.15, 0.2) is 18.2 Å². The van der Waals surface area contributed by atoms with Crippen LogP contribution in [0.3, 0.4) is 0 Å². The SMILES string of the molecule is CN(C)CC(C)(O)CNc1ccc([N+](=O)[O-])c(I)c1. The zero-order chi connectivity index (χ0) is 14.6. The third kappa shape index (κ3) is 5.29. The largest absolute Gasteiger partial charge is 0.387 e. The summed E-state index contributed by atoms with van der Waals surface area (Å²) in [7, 11) is 3.78. The molecule has 0 spiro atoms. The second-order valence-corrected chi connectivity index (χ2v) is 6.17. The predicted molar refractivity (Wildman–Crippen MR) is 83.5 cm³/mol. The highest BCUT2D eigenvalue weighted by molar-refractivity contribution is 14.1. The minimum Gasteiger partial charge on any atom is -0.387 e. The number of hydrogen-bond donors (Lipinski definition) is 2. The van der Waals surface area contributed by atoms with Crippen molar-refractivity contribution >= 4 is 34.0 Å². The predicted octanol–water partition coefficient (Wildman–Crippen LogP) is 1.92. The van der Waals surface area contributed by atoms with E-state index in [9.17, 15) is 15.2 Å². The van der Waals surface area contributed by atoms with E-state index >= 15 is 0 Å². The lowest BCUT2D eigenvalue weighted by Gasteiger charge is -2.27. The van der Waals surface area contributed by atoms with Gasteiger partial charge >= 0.3 is 0 Å². The molecule has 0 bridgehead atoms. The Bertz CT molecular complexity index is 464. The van der Waals surface area contributed by atoms with E-state index in [4.69, 9.17) is 0 Å². The second-order valence-electron chi connectivity index (χ2n) is 5.01. The number of aliphatic hydroxyl groups is 1. The van der Waals surface area contributed by atoms with Gasteiger partial charge in [-0.25, -0.2) is 0 Å². The molecule has 2 N–H and O–H groups in total. The van der Waals surface area contributed by atoms with E-state index in [0.717, 1.165) is 5.69 Å². The van der Waals surface area contributed by atoms with E-state index in [1.807, 2.05) is 41.6 Å². The Morgan fingerprint density at radius 3 is 2.63 bits per heavy atom. The topological polar surface area (TPSA) is 78.6 Å². The summed E-state index contributed by atoms with van der Waals surface area (Å²) >= 11 is 1.93. The lowest BCUT2D eigenvalue weighted by atomic mass is 10.1. The van der Waals surface area contributed by atoms with Crippen LogP contribution in [0, 0.1) is 13.7 Å². The molecule has 0 aromatic heterocycles. The molecule has 0 aliphatic heterocycles. The first-order valence-corrected chi connectivity index (χ1v) is 6.84. The van der Waals surface area contributed by atoms with Crippen LogP contribution in [-0.4, -0.2) is 47.7 Å². The van der Waals surface area contributed by atoms with E-state index in [0.29, 0.717) is 16.7 Å². The number of likely N-dealkylation sites (N-methyl/N-ethyl adjacent to an activating group) is 1. The summed E-state index contributed by atoms with van der Waals surface area (Å²) < 4.78 is 0.569. The summed E-state index contributed by atoms with van der Waals surface area (Å²) in [6.07, 6.45) is 0. The highest BCUT2D eigenvalue weighted by atomic mass is 127. The summed E-state index contributed by atoms with van der Waals surface area (Å²) in [6, 6.07) is 4.81. The van der Waals surface area contributed by atoms with Gasteiger partial charge < -0.3 is 15.3 Å². The summed E-state index contributed by atoms with van der Waals surface area (Å²) in [5.41, 5.74) is -0.0169. The van der Waals surface area contributed by atoms with Crippen molar-refractivity contribution in [3.63, 3.8) is 0 Å². The summed E-state index contributed by atoms with van der Waals surface area (Å²) in [4.78, 5) is 12.2. The first kappa shape index (κ1) is 16.1. The fourth-order valence-electron chi connectivity index (χ4n) is 1.79. The Labute approximate surface area is 126 Å². The van der Waals surface area contributed by atoms with Crippen molar-refractivity contribution < 1.29 is 10.0 Å². The lowest BCUT2D eigenvalue weighted by Crippen LogP contribution is -2.43. The number of nitrogens with one attached hydrogen (secondary N) is 1. The summed E-state index contributed by atoms with van der Waals surface area (Å²) in [5, 5.41) is 23.9. The Hall–Kier alpha value is -0.930. The Morgan fingerprint density at radius 1 is 1.53 bits per heavy atom. The summed E-state index contributed by atoms with van der Waals surface area (Å²) in [6.45, 7) is 2.65. The lowest BCUT2D eigenvalue weighted by molar-refractivity contribution is -0.385. The number of hydrogen-bond acceptors (Lipinski definition) is 5. The number of nitro benzene ring substituents is 1. The number of nitro groups is 1. The molecule has 0 fully saturated rings. The van der Waals surface area contributed by atoms with Gasteiger partial charge in [-0.05, 0) is 55.7 Å². The van der Waals surface area contributed by atoms with Crippen LogP contribution in [0.1, 0.15) is 6.92 Å². The minimum absolute atomic E-state index is 0.0891. The molecular weight excluding hydrogens is 361 g/mol. The molecule has 0 amide bonds. The Balaban J connectivity index is 2.69. The third-order valence-electron chi connectivity index (χ3n) is 2.47. The van der Waals surface area contributed by atoms with Gasteiger partial charge in [-0.1, -0.05) is 0 Å². The molecule has 0 aliphatic rings. The highest BCUT2D eigenvalue weighted by Gasteiger charge is 2.21. The third-order valence-corrected chi connectivity index (χ3v) is 3.34. The standard InChI is InChI=1S/C12H18IN3O3/c1-12(17,8-15(2)3)7-14-9-4-5-11(16(18)19)10(13)6-9/h4-6,14,17H,7-8H2,1-3H3. The molecule has 0 saturated heterocycles. The van der Waals surface area contributed by atoms with Gasteiger partial charge in [0.25, 0.3) is 5.69 Å². The summed E-state index contributed by atoms with van der Waals surface area (Å²) in [5.74, 6) is 0. The van der Waals surface area contributed by atoms with Gasteiger partial charge in [0.05, 0.1) is 14.1 Å². The Morgan fingerprint density at radius 2 is 2.16 bits per heavy atom. The first-order chi connectivity index (χ1) is 8.71. The maximum absolute atomic E-state index is 10.7. The van der Waals surface area contributed by atoms with Gasteiger partial charge in [0, 0.05) is 24.8 Å². The first-order valence-electron chi connectivity index (χ1n) is 5.76. The molecule has 1 atom stereocenters. The number of halogens is 1. The van der Waals surface area contributed by atoms with E-state index in [-0.39, 0.29) is 5.69 Å². The maximum Gasteiger partial charge on any atom is 0.282 e. The van der Waals surface area contributed by atoms with Crippen LogP contribution < -0.4 is 5.32 Å². The van der Waals surface area contributed by atoms with E-state index in [1.54, 1.807) is 19.1 Å². The molecule has 7 heteroatoms. The molecule has 0 radical (unpaired) electrons. The average molecular weight is 379 g/mol. The van der Waals surface area contributed by atoms with Crippen LogP contribution in [0.4, 0.5) is 11.4 Å². The molecule has 19 heavy (non-hydrogen) atoms. The number of nitrogens with zero attached hydrogens (tertiary/aromatic N) is 2. The normalized spacial score (nSPS) is 14.2. The van der Waals surface area contributed by atoms with Crippen molar-refractivity contribution in [2.45, 2.75) is 12.5 Å².